The highest BCUT2D eigenvalue weighted by molar-refractivity contribution is 7.89. The number of nitrogens with one attached hydrogen (secondary N) is 2. The van der Waals surface area contributed by atoms with Gasteiger partial charge in [0, 0.05) is 23.7 Å². The first kappa shape index (κ1) is 22.2. The maximum Gasteiger partial charge on any atom is 0.251 e. The minimum absolute atomic E-state index is 0.0748. The number of hydrogen-bond donors (Lipinski definition) is 2. The van der Waals surface area contributed by atoms with Crippen LogP contribution in [0.15, 0.2) is 47.4 Å². The second-order valence-corrected chi connectivity index (χ2v) is 9.54. The Morgan fingerprint density at radius 1 is 1.20 bits per heavy atom. The Balaban J connectivity index is 1.68. The summed E-state index contributed by atoms with van der Waals surface area (Å²) in [5.74, 6) is -0.164. The number of rotatable bonds is 10. The fourth-order valence-corrected chi connectivity index (χ4v) is 4.22. The van der Waals surface area contributed by atoms with Crippen molar-refractivity contribution in [1.29, 1.82) is 0 Å². The number of benzene rings is 2. The zero-order valence-corrected chi connectivity index (χ0v) is 18.0. The smallest absolute Gasteiger partial charge is 0.251 e. The molecule has 3 rings (SSSR count). The van der Waals surface area contributed by atoms with E-state index in [0.29, 0.717) is 18.3 Å². The van der Waals surface area contributed by atoms with Gasteiger partial charge in [0.25, 0.3) is 5.91 Å². The van der Waals surface area contributed by atoms with Gasteiger partial charge in [-0.1, -0.05) is 32.0 Å². The summed E-state index contributed by atoms with van der Waals surface area (Å²) in [5.41, 5.74) is 0.880. The normalized spacial score (nSPS) is 14.0. The Kier molecular flexibility index (Phi) is 7.10. The van der Waals surface area contributed by atoms with Gasteiger partial charge in [0.05, 0.1) is 6.61 Å². The Labute approximate surface area is 176 Å². The van der Waals surface area contributed by atoms with Gasteiger partial charge in [-0.2, -0.15) is 0 Å². The van der Waals surface area contributed by atoms with Gasteiger partial charge in [-0.15, -0.1) is 0 Å². The van der Waals surface area contributed by atoms with Crippen LogP contribution in [-0.2, 0) is 16.6 Å². The van der Waals surface area contributed by atoms with Crippen LogP contribution in [0.5, 0.6) is 5.75 Å². The molecular formula is C22H27FN2O4S. The Bertz CT molecular complexity index is 1000. The third-order valence-electron chi connectivity index (χ3n) is 4.75. The molecule has 1 fully saturated rings. The zero-order valence-electron chi connectivity index (χ0n) is 17.2. The number of hydrogen-bond acceptors (Lipinski definition) is 4. The van der Waals surface area contributed by atoms with E-state index in [1.165, 1.54) is 6.07 Å². The number of amides is 1. The van der Waals surface area contributed by atoms with Crippen LogP contribution in [0, 0.1) is 11.7 Å². The third-order valence-corrected chi connectivity index (χ3v) is 6.28. The van der Waals surface area contributed by atoms with Crippen LogP contribution in [0.3, 0.4) is 0 Å². The number of carbonyl (C=O) groups is 1. The summed E-state index contributed by atoms with van der Waals surface area (Å²) in [5, 5.41) is 2.75. The fourth-order valence-electron chi connectivity index (χ4n) is 2.81. The van der Waals surface area contributed by atoms with Crippen molar-refractivity contribution < 1.29 is 22.3 Å². The molecule has 0 radical (unpaired) electrons. The summed E-state index contributed by atoms with van der Waals surface area (Å²) in [6.07, 6.45) is 2.39. The lowest BCUT2D eigenvalue weighted by Crippen LogP contribution is -2.28. The van der Waals surface area contributed by atoms with E-state index < -0.39 is 26.6 Å². The number of halogens is 1. The van der Waals surface area contributed by atoms with Crippen molar-refractivity contribution in [3.63, 3.8) is 0 Å². The lowest BCUT2D eigenvalue weighted by molar-refractivity contribution is 0.0950. The monoisotopic (exact) mass is 434 g/mol. The summed E-state index contributed by atoms with van der Waals surface area (Å²) in [6.45, 7) is 5.02. The first-order chi connectivity index (χ1) is 14.3. The number of carbonyl (C=O) groups excluding carboxylic acids is 1. The summed E-state index contributed by atoms with van der Waals surface area (Å²) in [6, 6.07) is 10.6. The van der Waals surface area contributed by atoms with Crippen molar-refractivity contribution in [2.75, 3.05) is 6.61 Å². The van der Waals surface area contributed by atoms with Crippen molar-refractivity contribution in [2.24, 2.45) is 5.92 Å². The van der Waals surface area contributed by atoms with Crippen LogP contribution in [0.2, 0.25) is 0 Å². The van der Waals surface area contributed by atoms with Crippen LogP contribution >= 0.6 is 0 Å². The highest BCUT2D eigenvalue weighted by Gasteiger charge is 2.30. The van der Waals surface area contributed by atoms with E-state index in [1.54, 1.807) is 0 Å². The molecule has 1 amide bonds. The molecule has 162 valence electrons. The van der Waals surface area contributed by atoms with Gasteiger partial charge in [-0.3, -0.25) is 4.79 Å². The van der Waals surface area contributed by atoms with Gasteiger partial charge in [0.1, 0.15) is 16.5 Å². The standard InChI is InChI=1S/C22H27FN2O4S/c1-15(2)11-12-29-20-6-4-3-5-17(20)14-24-22(26)16-7-10-19(23)21(13-16)30(27,28)25-18-8-9-18/h3-7,10,13,15,18,25H,8-9,11-12,14H2,1-2H3,(H,24,26). The average Bonchev–Trinajstić information content (AvgIpc) is 3.50. The van der Waals surface area contributed by atoms with E-state index in [4.69, 9.17) is 4.74 Å². The second-order valence-electron chi connectivity index (χ2n) is 7.86. The SMILES string of the molecule is CC(C)CCOc1ccccc1CNC(=O)c1ccc(F)c(S(=O)(=O)NC2CC2)c1. The van der Waals surface area contributed by atoms with Crippen molar-refractivity contribution >= 4 is 15.9 Å². The third kappa shape index (κ3) is 6.03. The van der Waals surface area contributed by atoms with E-state index in [1.807, 2.05) is 24.3 Å². The molecule has 1 aliphatic carbocycles. The Hall–Kier alpha value is -2.45. The van der Waals surface area contributed by atoms with Gasteiger partial charge in [0.2, 0.25) is 10.0 Å². The highest BCUT2D eigenvalue weighted by Crippen LogP contribution is 2.24. The van der Waals surface area contributed by atoms with Crippen molar-refractivity contribution in [2.45, 2.75) is 50.6 Å². The summed E-state index contributed by atoms with van der Waals surface area (Å²) in [7, 11) is -4.00. The predicted molar refractivity (Wildman–Crippen MR) is 112 cm³/mol. The molecule has 0 bridgehead atoms. The molecule has 0 aliphatic heterocycles. The summed E-state index contributed by atoms with van der Waals surface area (Å²) in [4.78, 5) is 12.1. The van der Waals surface area contributed by atoms with Crippen LogP contribution in [0.4, 0.5) is 4.39 Å². The number of sulfonamides is 1. The van der Waals surface area contributed by atoms with Crippen molar-refractivity contribution in [3.05, 3.63) is 59.4 Å². The van der Waals surface area contributed by atoms with Gasteiger partial charge >= 0.3 is 0 Å². The van der Waals surface area contributed by atoms with Crippen LogP contribution in [0.1, 0.15) is 49.0 Å². The lowest BCUT2D eigenvalue weighted by Gasteiger charge is -2.13. The largest absolute Gasteiger partial charge is 0.493 e. The maximum atomic E-state index is 14.1. The fraction of sp³-hybridized carbons (Fsp3) is 0.409. The summed E-state index contributed by atoms with van der Waals surface area (Å²) >= 11 is 0. The molecule has 2 aromatic rings. The van der Waals surface area contributed by atoms with E-state index >= 15 is 0 Å². The van der Waals surface area contributed by atoms with Crippen molar-refractivity contribution in [3.8, 4) is 5.75 Å². The molecule has 1 aliphatic rings. The molecule has 1 saturated carbocycles. The molecule has 8 heteroatoms. The topological polar surface area (TPSA) is 84.5 Å². The molecule has 0 heterocycles. The van der Waals surface area contributed by atoms with E-state index in [0.717, 1.165) is 37.0 Å². The molecular weight excluding hydrogens is 407 g/mol. The lowest BCUT2D eigenvalue weighted by atomic mass is 10.1. The Morgan fingerprint density at radius 3 is 2.63 bits per heavy atom. The molecule has 0 unspecified atom stereocenters. The van der Waals surface area contributed by atoms with Crippen LogP contribution in [-0.4, -0.2) is 27.0 Å². The van der Waals surface area contributed by atoms with E-state index in [9.17, 15) is 17.6 Å². The molecule has 0 spiro atoms. The number of para-hydroxylation sites is 1. The predicted octanol–water partition coefficient (Wildman–Crippen LogP) is 3.62. The van der Waals surface area contributed by atoms with Gasteiger partial charge in [0.15, 0.2) is 0 Å². The maximum absolute atomic E-state index is 14.1. The molecule has 2 aromatic carbocycles. The van der Waals surface area contributed by atoms with Gasteiger partial charge in [-0.05, 0) is 49.4 Å². The van der Waals surface area contributed by atoms with Gasteiger partial charge < -0.3 is 10.1 Å². The Morgan fingerprint density at radius 2 is 1.93 bits per heavy atom. The first-order valence-electron chi connectivity index (χ1n) is 10.1. The summed E-state index contributed by atoms with van der Waals surface area (Å²) < 4.78 is 47.1. The highest BCUT2D eigenvalue weighted by atomic mass is 32.2. The molecule has 0 saturated heterocycles. The zero-order chi connectivity index (χ0) is 21.7. The van der Waals surface area contributed by atoms with Crippen LogP contribution in [0.25, 0.3) is 0 Å². The molecule has 6 nitrogen and oxygen atoms in total. The minimum atomic E-state index is -4.00. The molecule has 2 N–H and O–H groups in total. The molecule has 30 heavy (non-hydrogen) atoms. The van der Waals surface area contributed by atoms with E-state index in [-0.39, 0.29) is 18.2 Å². The van der Waals surface area contributed by atoms with E-state index in [2.05, 4.69) is 23.9 Å². The number of ether oxygens (including phenoxy) is 1. The minimum Gasteiger partial charge on any atom is -0.493 e. The molecule has 0 atom stereocenters. The second kappa shape index (κ2) is 9.57. The van der Waals surface area contributed by atoms with Gasteiger partial charge in [-0.25, -0.2) is 17.5 Å². The van der Waals surface area contributed by atoms with Crippen molar-refractivity contribution in [1.82, 2.24) is 10.0 Å². The average molecular weight is 435 g/mol. The first-order valence-corrected chi connectivity index (χ1v) is 11.6. The van der Waals surface area contributed by atoms with Crippen LogP contribution < -0.4 is 14.8 Å². The molecule has 0 aromatic heterocycles. The quantitative estimate of drug-likeness (QED) is 0.598.